The van der Waals surface area contributed by atoms with Crippen molar-refractivity contribution >= 4 is 71.1 Å². The number of carbonyl (C=O) groups is 1. The fourth-order valence-electron chi connectivity index (χ4n) is 6.08. The molecule has 1 aliphatic rings. The summed E-state index contributed by atoms with van der Waals surface area (Å²) in [5.74, 6) is 2.41. The maximum absolute atomic E-state index is 10.5. The van der Waals surface area contributed by atoms with E-state index in [-0.39, 0.29) is 25.6 Å². The molecule has 1 atom stereocenters. The molecule has 15 heteroatoms. The number of aromatic hydroxyl groups is 1. The van der Waals surface area contributed by atoms with Crippen molar-refractivity contribution in [1.29, 1.82) is 10.5 Å². The van der Waals surface area contributed by atoms with Gasteiger partial charge in [-0.3, -0.25) is 4.79 Å². The fraction of sp³-hybridized carbons (Fsp3) is 0.156. The van der Waals surface area contributed by atoms with Gasteiger partial charge in [0, 0.05) is 11.1 Å². The van der Waals surface area contributed by atoms with Crippen LogP contribution in [0.4, 0.5) is 11.4 Å². The monoisotopic (exact) mass is 936 g/mol. The number of methoxy groups -OCH3 is 4. The molecule has 60 heavy (non-hydrogen) atoms. The first-order chi connectivity index (χ1) is 28.4. The number of allylic oxidation sites excluding steroid dienone is 1. The molecule has 0 aromatic heterocycles. The van der Waals surface area contributed by atoms with E-state index in [2.05, 4.69) is 42.8 Å². The number of benzene rings is 6. The largest absolute Gasteiger partial charge is 0.506 e. The highest BCUT2D eigenvalue weighted by molar-refractivity contribution is 9.11. The van der Waals surface area contributed by atoms with Gasteiger partial charge in [0.15, 0.2) is 28.7 Å². The molecule has 1 heterocycles. The van der Waals surface area contributed by atoms with Gasteiger partial charge in [0.2, 0.25) is 5.88 Å². The average molecular weight is 939 g/mol. The molecule has 0 aliphatic carbocycles. The molecule has 7 rings (SSSR count). The van der Waals surface area contributed by atoms with Crippen LogP contribution in [0.25, 0.3) is 26.4 Å². The summed E-state index contributed by atoms with van der Waals surface area (Å²) in [5.41, 5.74) is 21.3. The number of ether oxygens (including phenoxy) is 5. The zero-order chi connectivity index (χ0) is 43.2. The van der Waals surface area contributed by atoms with E-state index in [1.165, 1.54) is 7.11 Å². The van der Waals surface area contributed by atoms with Crippen molar-refractivity contribution in [2.24, 2.45) is 5.73 Å². The Balaban J connectivity index is 0.000000256. The second kappa shape index (κ2) is 22.1. The molecule has 0 saturated carbocycles. The number of rotatable bonds is 6. The third-order valence-electron chi connectivity index (χ3n) is 8.67. The van der Waals surface area contributed by atoms with Crippen molar-refractivity contribution in [3.63, 3.8) is 0 Å². The highest BCUT2D eigenvalue weighted by atomic mass is 79.9. The number of phenols is 1. The van der Waals surface area contributed by atoms with Crippen LogP contribution in [-0.4, -0.2) is 46.4 Å². The molecule has 0 saturated heterocycles. The molecule has 1 aliphatic heterocycles. The van der Waals surface area contributed by atoms with Gasteiger partial charge in [-0.05, 0) is 101 Å². The van der Waals surface area contributed by atoms with Gasteiger partial charge in [-0.25, -0.2) is 6.57 Å². The summed E-state index contributed by atoms with van der Waals surface area (Å²) in [5, 5.41) is 30.7. The van der Waals surface area contributed by atoms with Crippen molar-refractivity contribution in [3.8, 4) is 46.6 Å². The first kappa shape index (κ1) is 47.3. The van der Waals surface area contributed by atoms with Crippen molar-refractivity contribution in [2.75, 3.05) is 46.5 Å². The van der Waals surface area contributed by atoms with Gasteiger partial charge in [-0.15, -0.1) is 0 Å². The third-order valence-corrected chi connectivity index (χ3v) is 9.85. The van der Waals surface area contributed by atoms with Crippen molar-refractivity contribution in [2.45, 2.75) is 13.3 Å². The van der Waals surface area contributed by atoms with Gasteiger partial charge in [0.05, 0.1) is 54.7 Å². The van der Waals surface area contributed by atoms with Crippen LogP contribution in [0.2, 0.25) is 0 Å². The number of fused-ring (bicyclic) bond motifs is 4. The molecule has 6 aromatic rings. The lowest BCUT2D eigenvalue weighted by molar-refractivity contribution is 0.112. The minimum atomic E-state index is -0.478. The zero-order valence-corrected chi connectivity index (χ0v) is 35.4. The maximum atomic E-state index is 10.5. The van der Waals surface area contributed by atoms with Crippen LogP contribution >= 0.6 is 31.9 Å². The number of nitrogens with two attached hydrogens (primary N) is 3. The highest BCUT2D eigenvalue weighted by Crippen LogP contribution is 2.50. The lowest BCUT2D eigenvalue weighted by Gasteiger charge is -2.29. The van der Waals surface area contributed by atoms with Crippen LogP contribution in [0.15, 0.2) is 111 Å². The van der Waals surface area contributed by atoms with Crippen LogP contribution in [0, 0.1) is 29.2 Å². The Bertz CT molecular complexity index is 2620. The first-order valence-corrected chi connectivity index (χ1v) is 18.8. The molecule has 6 aromatic carbocycles. The Morgan fingerprint density at radius 2 is 1.35 bits per heavy atom. The molecule has 308 valence electrons. The predicted molar refractivity (Wildman–Crippen MR) is 241 cm³/mol. The van der Waals surface area contributed by atoms with Crippen molar-refractivity contribution in [3.05, 3.63) is 140 Å². The summed E-state index contributed by atoms with van der Waals surface area (Å²) in [4.78, 5) is 13.3. The highest BCUT2D eigenvalue weighted by Gasteiger charge is 2.34. The second-order valence-corrected chi connectivity index (χ2v) is 13.9. The second-order valence-electron chi connectivity index (χ2n) is 12.2. The minimum Gasteiger partial charge on any atom is -0.506 e. The number of carbonyl (C=O) groups excluding carboxylic acids is 1. The molecule has 0 spiro atoms. The number of halogens is 2. The Hall–Kier alpha value is -7.12. The molecule has 1 unspecified atom stereocenters. The normalized spacial score (nSPS) is 11.9. The topological polar surface area (TPSA) is 213 Å². The summed E-state index contributed by atoms with van der Waals surface area (Å²) in [6, 6.07) is 31.8. The number of aldehydes is 1. The van der Waals surface area contributed by atoms with Crippen molar-refractivity contribution in [1.82, 2.24) is 0 Å². The van der Waals surface area contributed by atoms with E-state index in [9.17, 15) is 15.2 Å². The first-order valence-electron chi connectivity index (χ1n) is 17.3. The Morgan fingerprint density at radius 1 is 0.800 bits per heavy atom. The van der Waals surface area contributed by atoms with Gasteiger partial charge >= 0.3 is 0 Å². The molecule has 0 radical (unpaired) electrons. The number of phenolic OH excluding ortho intramolecular Hbond substituents is 1. The van der Waals surface area contributed by atoms with Crippen LogP contribution < -0.4 is 40.9 Å². The molecule has 7 N–H and O–H groups in total. The molecular weight excluding hydrogens is 896 g/mol. The number of hydrogen-bond acceptors (Lipinski definition) is 12. The van der Waals surface area contributed by atoms with E-state index >= 15 is 0 Å². The fourth-order valence-corrected chi connectivity index (χ4v) is 7.32. The molecular formula is C45H42Br2N6O7. The SMILES string of the molecule is C.COc1cc(C2C(C#N)=C(N)Oc3c(N)cc4ccccc4c32)cc(Br)c1OC.COc1cc(C=O)cc(Br)c1OC.Nc1cc2ccccc2cc1O.[C-]#[N+]CC#N. The van der Waals surface area contributed by atoms with Crippen molar-refractivity contribution < 1.29 is 33.6 Å². The van der Waals surface area contributed by atoms with E-state index in [1.807, 2.05) is 66.7 Å². The molecule has 0 fully saturated rings. The molecule has 13 nitrogen and oxygen atoms in total. The summed E-state index contributed by atoms with van der Waals surface area (Å²) < 4.78 is 28.3. The van der Waals surface area contributed by atoms with E-state index in [0.29, 0.717) is 60.2 Å². The summed E-state index contributed by atoms with van der Waals surface area (Å²) in [6.07, 6.45) is 0.757. The zero-order valence-electron chi connectivity index (χ0n) is 32.2. The van der Waals surface area contributed by atoms with Gasteiger partial charge < -0.3 is 50.8 Å². The summed E-state index contributed by atoms with van der Waals surface area (Å²) >= 11 is 6.81. The van der Waals surface area contributed by atoms with Crippen LogP contribution in [0.5, 0.6) is 34.5 Å². The van der Waals surface area contributed by atoms with Gasteiger partial charge in [0.1, 0.15) is 29.7 Å². The summed E-state index contributed by atoms with van der Waals surface area (Å²) in [7, 11) is 6.20. The van der Waals surface area contributed by atoms with Crippen LogP contribution in [-0.2, 0) is 0 Å². The number of nitrogens with zero attached hydrogens (tertiary/aromatic N) is 3. The maximum Gasteiger partial charge on any atom is 0.298 e. The third kappa shape index (κ3) is 10.7. The molecule has 0 bridgehead atoms. The average Bonchev–Trinajstić information content (AvgIpc) is 3.24. The quantitative estimate of drug-likeness (QED) is 0.0404. The van der Waals surface area contributed by atoms with E-state index in [4.69, 9.17) is 52.7 Å². The van der Waals surface area contributed by atoms with Gasteiger partial charge in [0.25, 0.3) is 6.54 Å². The Morgan fingerprint density at radius 3 is 1.88 bits per heavy atom. The summed E-state index contributed by atoms with van der Waals surface area (Å²) in [6.45, 7) is 5.99. The van der Waals surface area contributed by atoms with Crippen LogP contribution in [0.3, 0.4) is 0 Å². The van der Waals surface area contributed by atoms with Gasteiger partial charge in [-0.1, -0.05) is 56.0 Å². The minimum absolute atomic E-state index is 0. The number of anilines is 2. The lowest BCUT2D eigenvalue weighted by atomic mass is 9.80. The van der Waals surface area contributed by atoms with Gasteiger partial charge in [-0.2, -0.15) is 10.5 Å². The van der Waals surface area contributed by atoms with Crippen LogP contribution in [0.1, 0.15) is 34.8 Å². The van der Waals surface area contributed by atoms with E-state index in [1.54, 1.807) is 51.7 Å². The Kier molecular flexibility index (Phi) is 17.4. The van der Waals surface area contributed by atoms with E-state index in [0.717, 1.165) is 39.0 Å². The number of nitrogen functional groups attached to an aromatic ring is 2. The number of hydrogen-bond donors (Lipinski definition) is 4. The lowest BCUT2D eigenvalue weighted by Crippen LogP contribution is -2.22. The standard InChI is InChI=1S/C22H18BrN3O3.C10H9NO.C9H9BrO3.C3H2N2.CH4/c1-27-17-9-12(7-15(23)20(17)28-2)18-14(10-24)22(26)29-21-16(25)8-11-5-3-4-6-13(11)19(18)21;11-9-5-7-3-1-2-4-8(7)6-10(9)12;1-12-8-4-6(5-11)3-7(10)9(8)13-2;1-5-3-2-4;/h3-9,18H,25-26H2,1-2H3;1-6,12H,11H2;3-5H,1-2H3;3H2;1H4. The smallest absolute Gasteiger partial charge is 0.298 e. The van der Waals surface area contributed by atoms with E-state index < -0.39 is 5.92 Å². The molecule has 0 amide bonds. The predicted octanol–water partition coefficient (Wildman–Crippen LogP) is 9.89. The number of nitriles is 2. The Labute approximate surface area is 365 Å².